The monoisotopic (exact) mass is 452 g/mol. The number of aromatic nitrogens is 4. The van der Waals surface area contributed by atoms with E-state index in [1.165, 1.54) is 6.33 Å². The molecule has 9 heteroatoms. The van der Waals surface area contributed by atoms with E-state index >= 15 is 0 Å². The van der Waals surface area contributed by atoms with Crippen molar-refractivity contribution in [3.05, 3.63) is 71.5 Å². The third-order valence-corrected chi connectivity index (χ3v) is 6.09. The number of fused-ring (bicyclic) bond motifs is 1. The molecule has 5 rings (SSSR count). The number of hydrogen-bond acceptors (Lipinski definition) is 7. The van der Waals surface area contributed by atoms with Crippen molar-refractivity contribution in [1.29, 1.82) is 5.26 Å². The first kappa shape index (κ1) is 21.6. The topological polar surface area (TPSA) is 135 Å². The molecule has 1 aliphatic heterocycles. The summed E-state index contributed by atoms with van der Waals surface area (Å²) in [7, 11) is 0. The molecule has 2 aromatic heterocycles. The summed E-state index contributed by atoms with van der Waals surface area (Å²) in [5.74, 6) is 0.220. The minimum Gasteiger partial charge on any atom is -0.383 e. The molecule has 0 radical (unpaired) electrons. The Bertz CT molecular complexity index is 1360. The largest absolute Gasteiger partial charge is 0.383 e. The second kappa shape index (κ2) is 9.29. The molecule has 0 spiro atoms. The molecule has 3 heterocycles. The third kappa shape index (κ3) is 4.19. The summed E-state index contributed by atoms with van der Waals surface area (Å²) in [5, 5.41) is 20.9. The highest BCUT2D eigenvalue weighted by Crippen LogP contribution is 2.32. The smallest absolute Gasteiger partial charge is 0.251 e. The highest BCUT2D eigenvalue weighted by molar-refractivity contribution is 5.98. The lowest BCUT2D eigenvalue weighted by Gasteiger charge is -2.23. The number of nitrogens with two attached hydrogens (primary N) is 1. The number of hydrogen-bond donors (Lipinski definition) is 3. The molecule has 0 unspecified atom stereocenters. The molecule has 1 fully saturated rings. The van der Waals surface area contributed by atoms with Crippen LogP contribution in [0.5, 0.6) is 0 Å². The van der Waals surface area contributed by atoms with E-state index in [9.17, 15) is 4.79 Å². The molecule has 2 aromatic carbocycles. The number of rotatable bonds is 5. The van der Waals surface area contributed by atoms with Crippen molar-refractivity contribution in [2.45, 2.75) is 25.4 Å². The molecule has 1 amide bonds. The van der Waals surface area contributed by atoms with Crippen LogP contribution in [0.15, 0.2) is 54.9 Å². The molecule has 0 saturated carbocycles. The molecular weight excluding hydrogens is 428 g/mol. The Morgan fingerprint density at radius 3 is 2.68 bits per heavy atom. The van der Waals surface area contributed by atoms with Crippen LogP contribution in [0.25, 0.3) is 22.3 Å². The van der Waals surface area contributed by atoms with Crippen LogP contribution in [-0.2, 0) is 6.54 Å². The fourth-order valence-electron chi connectivity index (χ4n) is 4.26. The standard InChI is InChI=1S/C25H24N8O/c26-12-16-3-9-19(10-4-16)25(34)29-13-17-5-7-18(8-6-17)22-21-23(27)30-15-31-24(21)33(32-22)20-2-1-11-28-14-20/h3-10,15,20,28H,1-2,11,13-14H2,(H,29,34)(H2,27,30,31)/t20-/m1/s1. The Labute approximate surface area is 196 Å². The van der Waals surface area contributed by atoms with E-state index in [0.717, 1.165) is 53.8 Å². The number of piperidine rings is 1. The number of amides is 1. The maximum absolute atomic E-state index is 12.4. The van der Waals surface area contributed by atoms with Crippen molar-refractivity contribution in [3.63, 3.8) is 0 Å². The van der Waals surface area contributed by atoms with Crippen LogP contribution >= 0.6 is 0 Å². The highest BCUT2D eigenvalue weighted by Gasteiger charge is 2.23. The average molecular weight is 453 g/mol. The van der Waals surface area contributed by atoms with Crippen LogP contribution in [-0.4, -0.2) is 38.7 Å². The number of carbonyl (C=O) groups is 1. The van der Waals surface area contributed by atoms with Gasteiger partial charge in [0, 0.05) is 24.2 Å². The van der Waals surface area contributed by atoms with Gasteiger partial charge < -0.3 is 16.4 Å². The second-order valence-corrected chi connectivity index (χ2v) is 8.32. The number of anilines is 1. The Kier molecular flexibility index (Phi) is 5.89. The molecule has 0 bridgehead atoms. The van der Waals surface area contributed by atoms with Gasteiger partial charge in [0.1, 0.15) is 17.8 Å². The fraction of sp³-hybridized carbons (Fsp3) is 0.240. The van der Waals surface area contributed by atoms with Crippen LogP contribution in [0.3, 0.4) is 0 Å². The minimum absolute atomic E-state index is 0.190. The summed E-state index contributed by atoms with van der Waals surface area (Å²) < 4.78 is 1.97. The van der Waals surface area contributed by atoms with Gasteiger partial charge in [-0.15, -0.1) is 0 Å². The maximum atomic E-state index is 12.4. The number of nitrogens with zero attached hydrogens (tertiary/aromatic N) is 5. The van der Waals surface area contributed by atoms with Gasteiger partial charge >= 0.3 is 0 Å². The van der Waals surface area contributed by atoms with E-state index in [4.69, 9.17) is 16.1 Å². The zero-order valence-corrected chi connectivity index (χ0v) is 18.5. The Morgan fingerprint density at radius 2 is 1.97 bits per heavy atom. The molecule has 1 saturated heterocycles. The van der Waals surface area contributed by atoms with Crippen LogP contribution in [0.2, 0.25) is 0 Å². The molecule has 0 aliphatic carbocycles. The van der Waals surface area contributed by atoms with Gasteiger partial charge in [0.15, 0.2) is 5.65 Å². The van der Waals surface area contributed by atoms with Crippen LogP contribution in [0, 0.1) is 11.3 Å². The Hall–Kier alpha value is -4.29. The minimum atomic E-state index is -0.190. The SMILES string of the molecule is N#Cc1ccc(C(=O)NCc2ccc(-c3nn([C@@H]4CCCNC4)c4ncnc(N)c34)cc2)cc1. The normalized spacial score (nSPS) is 15.7. The Morgan fingerprint density at radius 1 is 1.18 bits per heavy atom. The van der Waals surface area contributed by atoms with Crippen molar-refractivity contribution < 1.29 is 4.79 Å². The van der Waals surface area contributed by atoms with E-state index in [1.54, 1.807) is 24.3 Å². The summed E-state index contributed by atoms with van der Waals surface area (Å²) in [5.41, 5.74) is 10.6. The number of nitriles is 1. The first-order valence-electron chi connectivity index (χ1n) is 11.2. The highest BCUT2D eigenvalue weighted by atomic mass is 16.1. The fourth-order valence-corrected chi connectivity index (χ4v) is 4.26. The van der Waals surface area contributed by atoms with Gasteiger partial charge in [-0.05, 0) is 49.2 Å². The van der Waals surface area contributed by atoms with E-state index in [-0.39, 0.29) is 11.9 Å². The molecule has 9 nitrogen and oxygen atoms in total. The second-order valence-electron chi connectivity index (χ2n) is 8.32. The van der Waals surface area contributed by atoms with E-state index in [0.29, 0.717) is 23.5 Å². The third-order valence-electron chi connectivity index (χ3n) is 6.09. The summed E-state index contributed by atoms with van der Waals surface area (Å²) in [4.78, 5) is 21.1. The predicted octanol–water partition coefficient (Wildman–Crippen LogP) is 2.80. The van der Waals surface area contributed by atoms with Crippen LogP contribution in [0.4, 0.5) is 5.82 Å². The lowest BCUT2D eigenvalue weighted by atomic mass is 10.1. The zero-order valence-electron chi connectivity index (χ0n) is 18.5. The first-order chi connectivity index (χ1) is 16.6. The van der Waals surface area contributed by atoms with Gasteiger partial charge in [-0.25, -0.2) is 14.6 Å². The van der Waals surface area contributed by atoms with Gasteiger partial charge in [-0.2, -0.15) is 10.4 Å². The number of nitrogens with one attached hydrogen (secondary N) is 2. The number of carbonyl (C=O) groups excluding carboxylic acids is 1. The number of benzene rings is 2. The van der Waals surface area contributed by atoms with E-state index in [1.807, 2.05) is 35.0 Å². The predicted molar refractivity (Wildman–Crippen MR) is 129 cm³/mol. The molecule has 1 atom stereocenters. The van der Waals surface area contributed by atoms with Gasteiger partial charge in [0.05, 0.1) is 23.1 Å². The molecule has 34 heavy (non-hydrogen) atoms. The molecule has 1 aliphatic rings. The van der Waals surface area contributed by atoms with Gasteiger partial charge in [0.2, 0.25) is 0 Å². The molecular formula is C25H24N8O. The lowest BCUT2D eigenvalue weighted by molar-refractivity contribution is 0.0951. The van der Waals surface area contributed by atoms with Crippen molar-refractivity contribution in [2.75, 3.05) is 18.8 Å². The maximum Gasteiger partial charge on any atom is 0.251 e. The lowest BCUT2D eigenvalue weighted by Crippen LogP contribution is -2.32. The van der Waals surface area contributed by atoms with Crippen LogP contribution in [0.1, 0.15) is 40.4 Å². The molecule has 170 valence electrons. The average Bonchev–Trinajstić information content (AvgIpc) is 3.29. The number of nitrogen functional groups attached to an aromatic ring is 1. The summed E-state index contributed by atoms with van der Waals surface area (Å²) in [6.07, 6.45) is 3.60. The van der Waals surface area contributed by atoms with E-state index < -0.39 is 0 Å². The summed E-state index contributed by atoms with van der Waals surface area (Å²) in [6.45, 7) is 2.24. The van der Waals surface area contributed by atoms with Crippen molar-refractivity contribution in [1.82, 2.24) is 30.4 Å². The van der Waals surface area contributed by atoms with Crippen LogP contribution < -0.4 is 16.4 Å². The zero-order chi connectivity index (χ0) is 23.5. The van der Waals surface area contributed by atoms with Gasteiger partial charge in [-0.3, -0.25) is 4.79 Å². The Balaban J connectivity index is 1.36. The van der Waals surface area contributed by atoms with E-state index in [2.05, 4.69) is 20.6 Å². The first-order valence-corrected chi connectivity index (χ1v) is 11.2. The van der Waals surface area contributed by atoms with Crippen molar-refractivity contribution >= 4 is 22.8 Å². The van der Waals surface area contributed by atoms with Gasteiger partial charge in [0.25, 0.3) is 5.91 Å². The molecule has 4 aromatic rings. The summed E-state index contributed by atoms with van der Waals surface area (Å²) >= 11 is 0. The van der Waals surface area contributed by atoms with Crippen molar-refractivity contribution in [2.24, 2.45) is 0 Å². The summed E-state index contributed by atoms with van der Waals surface area (Å²) in [6, 6.07) is 16.7. The van der Waals surface area contributed by atoms with Gasteiger partial charge in [-0.1, -0.05) is 24.3 Å². The molecule has 4 N–H and O–H groups in total. The quantitative estimate of drug-likeness (QED) is 0.424. The van der Waals surface area contributed by atoms with Crippen molar-refractivity contribution in [3.8, 4) is 17.3 Å².